The molecular formula is C17H13ClO2S2. The largest absolute Gasteiger partial charge is 0.219 e. The quantitative estimate of drug-likeness (QED) is 0.800. The Morgan fingerprint density at radius 1 is 0.955 bits per heavy atom. The van der Waals surface area contributed by atoms with E-state index in [4.69, 9.17) is 11.6 Å². The predicted octanol–water partition coefficient (Wildman–Crippen LogP) is 4.79. The maximum atomic E-state index is 12.6. The van der Waals surface area contributed by atoms with Crippen LogP contribution in [0.25, 0.3) is 4.91 Å². The van der Waals surface area contributed by atoms with E-state index in [2.05, 4.69) is 0 Å². The Morgan fingerprint density at radius 3 is 2.36 bits per heavy atom. The minimum absolute atomic E-state index is 0.335. The minimum Gasteiger partial charge on any atom is -0.219 e. The summed E-state index contributed by atoms with van der Waals surface area (Å²) in [7, 11) is -3.41. The highest BCUT2D eigenvalue weighted by atomic mass is 35.5. The van der Waals surface area contributed by atoms with Gasteiger partial charge in [0.25, 0.3) is 0 Å². The van der Waals surface area contributed by atoms with Gasteiger partial charge in [-0.1, -0.05) is 41.9 Å². The lowest BCUT2D eigenvalue weighted by Crippen LogP contribution is -2.08. The molecule has 1 aliphatic rings. The molecule has 0 unspecified atom stereocenters. The van der Waals surface area contributed by atoms with Crippen molar-refractivity contribution < 1.29 is 8.42 Å². The van der Waals surface area contributed by atoms with Crippen LogP contribution < -0.4 is 0 Å². The number of thioether (sulfide) groups is 1. The van der Waals surface area contributed by atoms with Gasteiger partial charge in [-0.3, -0.25) is 0 Å². The zero-order valence-corrected chi connectivity index (χ0v) is 14.0. The Balaban J connectivity index is 1.93. The van der Waals surface area contributed by atoms with Crippen LogP contribution in [0, 0.1) is 0 Å². The summed E-state index contributed by atoms with van der Waals surface area (Å²) in [5.74, 6) is 0.426. The van der Waals surface area contributed by atoms with Crippen molar-refractivity contribution in [3.63, 3.8) is 0 Å². The number of hydrogen-bond acceptors (Lipinski definition) is 3. The number of allylic oxidation sites excluding steroid dienone is 2. The number of benzene rings is 2. The molecule has 2 aromatic rings. The molecule has 0 aromatic heterocycles. The van der Waals surface area contributed by atoms with Gasteiger partial charge in [0.15, 0.2) is 0 Å². The number of halogens is 1. The van der Waals surface area contributed by atoms with Crippen LogP contribution >= 0.6 is 23.4 Å². The Hall–Kier alpha value is -1.49. The third kappa shape index (κ3) is 3.14. The average molecular weight is 349 g/mol. The summed E-state index contributed by atoms with van der Waals surface area (Å²) < 4.78 is 25.1. The van der Waals surface area contributed by atoms with E-state index >= 15 is 0 Å². The van der Waals surface area contributed by atoms with Crippen molar-refractivity contribution in [2.24, 2.45) is 0 Å². The lowest BCUT2D eigenvalue weighted by Gasteiger charge is -2.15. The van der Waals surface area contributed by atoms with Gasteiger partial charge in [0.1, 0.15) is 0 Å². The van der Waals surface area contributed by atoms with Crippen LogP contribution in [0.3, 0.4) is 0 Å². The van der Waals surface area contributed by atoms with E-state index in [1.165, 1.54) is 11.8 Å². The molecule has 0 atom stereocenters. The van der Waals surface area contributed by atoms with Gasteiger partial charge in [-0.15, -0.1) is 11.8 Å². The fourth-order valence-corrected chi connectivity index (χ4v) is 5.06. The number of hydrogen-bond donors (Lipinski definition) is 0. The topological polar surface area (TPSA) is 34.1 Å². The molecule has 0 spiro atoms. The second kappa shape index (κ2) is 6.32. The van der Waals surface area contributed by atoms with E-state index in [-0.39, 0.29) is 0 Å². The third-order valence-corrected chi connectivity index (χ3v) is 6.72. The van der Waals surface area contributed by atoms with Crippen molar-refractivity contribution in [1.82, 2.24) is 0 Å². The molecular weight excluding hydrogens is 336 g/mol. The second-order valence-electron chi connectivity index (χ2n) is 4.78. The van der Waals surface area contributed by atoms with Crippen LogP contribution in [0.15, 0.2) is 76.5 Å². The highest BCUT2D eigenvalue weighted by Gasteiger charge is 2.22. The van der Waals surface area contributed by atoms with Crippen molar-refractivity contribution >= 4 is 38.1 Å². The van der Waals surface area contributed by atoms with E-state index in [0.717, 1.165) is 10.5 Å². The summed E-state index contributed by atoms with van der Waals surface area (Å²) in [4.78, 5) is 1.78. The van der Waals surface area contributed by atoms with Crippen LogP contribution in [0.5, 0.6) is 0 Å². The van der Waals surface area contributed by atoms with E-state index in [1.54, 1.807) is 36.4 Å². The smallest absolute Gasteiger partial charge is 0.203 e. The summed E-state index contributed by atoms with van der Waals surface area (Å²) in [5.41, 5.74) is 1.00. The summed E-state index contributed by atoms with van der Waals surface area (Å²) in [6.45, 7) is 0. The molecule has 112 valence electrons. The van der Waals surface area contributed by atoms with E-state index < -0.39 is 9.84 Å². The Labute approximate surface area is 139 Å². The molecule has 1 aliphatic heterocycles. The second-order valence-corrected chi connectivity index (χ2v) is 8.24. The van der Waals surface area contributed by atoms with Crippen LogP contribution in [-0.2, 0) is 9.84 Å². The molecule has 3 rings (SSSR count). The first kappa shape index (κ1) is 15.4. The fourth-order valence-electron chi connectivity index (χ4n) is 2.15. The van der Waals surface area contributed by atoms with Crippen molar-refractivity contribution in [1.29, 1.82) is 0 Å². The zero-order chi connectivity index (χ0) is 15.6. The van der Waals surface area contributed by atoms with Crippen molar-refractivity contribution in [3.8, 4) is 0 Å². The zero-order valence-electron chi connectivity index (χ0n) is 11.6. The van der Waals surface area contributed by atoms with Crippen LogP contribution in [-0.4, -0.2) is 14.2 Å². The molecule has 0 aliphatic carbocycles. The molecule has 2 nitrogen and oxygen atoms in total. The average Bonchev–Trinajstić information content (AvgIpc) is 2.56. The SMILES string of the molecule is O=S(=O)(C1=CC=C(c2cccc(Cl)c2)SC1)c1ccccc1. The number of sulfone groups is 1. The first-order chi connectivity index (χ1) is 10.6. The van der Waals surface area contributed by atoms with Crippen LogP contribution in [0.1, 0.15) is 5.56 Å². The third-order valence-electron chi connectivity index (χ3n) is 3.30. The van der Waals surface area contributed by atoms with Gasteiger partial charge >= 0.3 is 0 Å². The highest BCUT2D eigenvalue weighted by Crippen LogP contribution is 2.36. The Kier molecular flexibility index (Phi) is 4.43. The van der Waals surface area contributed by atoms with Gasteiger partial charge in [-0.05, 0) is 42.0 Å². The monoisotopic (exact) mass is 348 g/mol. The maximum Gasteiger partial charge on any atom is 0.203 e. The van der Waals surface area contributed by atoms with E-state index in [0.29, 0.717) is 20.6 Å². The van der Waals surface area contributed by atoms with Gasteiger partial charge in [-0.25, -0.2) is 8.42 Å². The predicted molar refractivity (Wildman–Crippen MR) is 93.6 cm³/mol. The molecule has 0 fully saturated rings. The molecule has 0 N–H and O–H groups in total. The summed E-state index contributed by atoms with van der Waals surface area (Å²) in [6, 6.07) is 16.1. The normalized spacial score (nSPS) is 15.1. The first-order valence-corrected chi connectivity index (χ1v) is 9.52. The van der Waals surface area contributed by atoms with Crippen LogP contribution in [0.2, 0.25) is 5.02 Å². The van der Waals surface area contributed by atoms with Crippen molar-refractivity contribution in [2.75, 3.05) is 5.75 Å². The molecule has 2 aromatic carbocycles. The van der Waals surface area contributed by atoms with E-state index in [1.807, 2.05) is 30.3 Å². The molecule has 1 heterocycles. The van der Waals surface area contributed by atoms with Gasteiger partial charge in [0.05, 0.1) is 9.80 Å². The highest BCUT2D eigenvalue weighted by molar-refractivity contribution is 8.09. The molecule has 0 bridgehead atoms. The Morgan fingerprint density at radius 2 is 1.73 bits per heavy atom. The maximum absolute atomic E-state index is 12.6. The molecule has 5 heteroatoms. The van der Waals surface area contributed by atoms with Crippen LogP contribution in [0.4, 0.5) is 0 Å². The minimum atomic E-state index is -3.41. The standard InChI is InChI=1S/C17H13ClO2S2/c18-14-6-4-5-13(11-14)17-10-9-16(12-21-17)22(19,20)15-7-2-1-3-8-15/h1-11H,12H2. The lowest BCUT2D eigenvalue weighted by atomic mass is 10.2. The van der Waals surface area contributed by atoms with Gasteiger partial charge in [0, 0.05) is 15.7 Å². The summed E-state index contributed by atoms with van der Waals surface area (Å²) in [6.07, 6.45) is 3.53. The van der Waals surface area contributed by atoms with Crippen molar-refractivity contribution in [3.05, 3.63) is 82.2 Å². The summed E-state index contributed by atoms with van der Waals surface area (Å²) in [5, 5.41) is 0.672. The fraction of sp³-hybridized carbons (Fsp3) is 0.0588. The lowest BCUT2D eigenvalue weighted by molar-refractivity contribution is 0.602. The van der Waals surface area contributed by atoms with Gasteiger partial charge in [-0.2, -0.15) is 0 Å². The van der Waals surface area contributed by atoms with Gasteiger partial charge < -0.3 is 0 Å². The van der Waals surface area contributed by atoms with E-state index in [9.17, 15) is 8.42 Å². The first-order valence-electron chi connectivity index (χ1n) is 6.67. The molecule has 0 saturated heterocycles. The Bertz CT molecular complexity index is 853. The van der Waals surface area contributed by atoms with Crippen molar-refractivity contribution in [2.45, 2.75) is 4.90 Å². The summed E-state index contributed by atoms with van der Waals surface area (Å²) >= 11 is 7.51. The molecule has 0 saturated carbocycles. The van der Waals surface area contributed by atoms with Gasteiger partial charge in [0.2, 0.25) is 9.84 Å². The molecule has 22 heavy (non-hydrogen) atoms. The number of rotatable bonds is 3. The molecule has 0 amide bonds. The molecule has 0 radical (unpaired) electrons.